The van der Waals surface area contributed by atoms with Crippen molar-refractivity contribution in [1.29, 1.82) is 0 Å². The van der Waals surface area contributed by atoms with Gasteiger partial charge < -0.3 is 4.90 Å². The molecule has 0 radical (unpaired) electrons. The lowest BCUT2D eigenvalue weighted by atomic mass is 10.3. The molecule has 0 atom stereocenters. The zero-order valence-corrected chi connectivity index (χ0v) is 12.0. The fourth-order valence-corrected chi connectivity index (χ4v) is 2.47. The monoisotopic (exact) mass is 255 g/mol. The number of nitrogens with zero attached hydrogens (tertiary/aromatic N) is 1. The van der Waals surface area contributed by atoms with Gasteiger partial charge in [-0.25, -0.2) is 0 Å². The van der Waals surface area contributed by atoms with Crippen molar-refractivity contribution in [3.63, 3.8) is 0 Å². The molecule has 0 fully saturated rings. The van der Waals surface area contributed by atoms with E-state index in [0.29, 0.717) is 5.25 Å². The van der Waals surface area contributed by atoms with Gasteiger partial charge in [0, 0.05) is 29.4 Å². The Morgan fingerprint density at radius 3 is 2.38 bits per heavy atom. The van der Waals surface area contributed by atoms with E-state index in [2.05, 4.69) is 62.7 Å². The molecule has 1 rings (SSSR count). The summed E-state index contributed by atoms with van der Waals surface area (Å²) in [5, 5.41) is 0.646. The summed E-state index contributed by atoms with van der Waals surface area (Å²) in [4.78, 5) is 3.63. The Bertz CT molecular complexity index is 295. The van der Waals surface area contributed by atoms with E-state index >= 15 is 0 Å². The van der Waals surface area contributed by atoms with Crippen molar-refractivity contribution in [1.82, 2.24) is 0 Å². The third-order valence-corrected chi connectivity index (χ3v) is 3.63. The maximum Gasteiger partial charge on any atom is 0.0364 e. The predicted octanol–water partition coefficient (Wildman–Crippen LogP) is 3.94. The molecule has 0 saturated carbocycles. The summed E-state index contributed by atoms with van der Waals surface area (Å²) in [5.41, 5.74) is 1.29. The van der Waals surface area contributed by atoms with Crippen LogP contribution in [0.2, 0.25) is 0 Å². The Hall–Kier alpha value is -0.280. The number of rotatable bonds is 6. The van der Waals surface area contributed by atoms with Gasteiger partial charge in [0.2, 0.25) is 0 Å². The highest BCUT2D eigenvalue weighted by molar-refractivity contribution is 7.99. The fourth-order valence-electron chi connectivity index (χ4n) is 1.49. The summed E-state index contributed by atoms with van der Waals surface area (Å²) in [7, 11) is 2.13. The van der Waals surface area contributed by atoms with Crippen molar-refractivity contribution in [3.8, 4) is 0 Å². The molecule has 0 unspecified atom stereocenters. The fraction of sp³-hybridized carbons (Fsp3) is 0.538. The standard InChI is InChI=1S/C13H21NS2/c1-11(2)16-13-7-5-12(6-8-13)14(3)9-4-10-15/h5-8,11,15H,4,9-10H2,1-3H3. The zero-order chi connectivity index (χ0) is 12.0. The molecule has 0 amide bonds. The van der Waals surface area contributed by atoms with Crippen molar-refractivity contribution in [2.75, 3.05) is 24.2 Å². The first-order chi connectivity index (χ1) is 7.63. The Morgan fingerprint density at radius 1 is 1.25 bits per heavy atom. The lowest BCUT2D eigenvalue weighted by Gasteiger charge is -2.19. The van der Waals surface area contributed by atoms with Crippen LogP contribution in [0.15, 0.2) is 29.2 Å². The number of benzene rings is 1. The molecule has 0 heterocycles. The van der Waals surface area contributed by atoms with E-state index in [1.807, 2.05) is 11.8 Å². The van der Waals surface area contributed by atoms with Gasteiger partial charge in [-0.1, -0.05) is 13.8 Å². The van der Waals surface area contributed by atoms with Crippen LogP contribution in [0.25, 0.3) is 0 Å². The maximum absolute atomic E-state index is 4.23. The zero-order valence-electron chi connectivity index (χ0n) is 10.3. The van der Waals surface area contributed by atoms with Gasteiger partial charge in [0.25, 0.3) is 0 Å². The summed E-state index contributed by atoms with van der Waals surface area (Å²) >= 11 is 6.14. The van der Waals surface area contributed by atoms with Gasteiger partial charge in [-0.3, -0.25) is 0 Å². The normalized spacial score (nSPS) is 10.8. The summed E-state index contributed by atoms with van der Waals surface area (Å²) < 4.78 is 0. The molecule has 0 aliphatic heterocycles. The molecular formula is C13H21NS2. The molecule has 1 aromatic carbocycles. The van der Waals surface area contributed by atoms with Gasteiger partial charge in [0.1, 0.15) is 0 Å². The second kappa shape index (κ2) is 7.13. The Labute approximate surface area is 109 Å². The van der Waals surface area contributed by atoms with Gasteiger partial charge in [0.15, 0.2) is 0 Å². The largest absolute Gasteiger partial charge is 0.375 e. The van der Waals surface area contributed by atoms with Crippen molar-refractivity contribution >= 4 is 30.1 Å². The number of thioether (sulfide) groups is 1. The third kappa shape index (κ3) is 4.71. The van der Waals surface area contributed by atoms with E-state index in [1.165, 1.54) is 10.6 Å². The lowest BCUT2D eigenvalue weighted by Crippen LogP contribution is -2.18. The third-order valence-electron chi connectivity index (χ3n) is 2.30. The minimum Gasteiger partial charge on any atom is -0.375 e. The van der Waals surface area contributed by atoms with Gasteiger partial charge in [-0.15, -0.1) is 11.8 Å². The SMILES string of the molecule is CC(C)Sc1ccc(N(C)CCCS)cc1. The van der Waals surface area contributed by atoms with Crippen LogP contribution in [0.1, 0.15) is 20.3 Å². The summed E-state index contributed by atoms with van der Waals surface area (Å²) in [6.45, 7) is 5.51. The van der Waals surface area contributed by atoms with Crippen LogP contribution in [0, 0.1) is 0 Å². The predicted molar refractivity (Wildman–Crippen MR) is 79.2 cm³/mol. The molecule has 0 saturated heterocycles. The minimum atomic E-state index is 0.646. The summed E-state index contributed by atoms with van der Waals surface area (Å²) in [6, 6.07) is 8.81. The van der Waals surface area contributed by atoms with Crippen molar-refractivity contribution < 1.29 is 0 Å². The van der Waals surface area contributed by atoms with Gasteiger partial charge >= 0.3 is 0 Å². The summed E-state index contributed by atoms with van der Waals surface area (Å²) in [6.07, 6.45) is 1.13. The van der Waals surface area contributed by atoms with E-state index < -0.39 is 0 Å². The van der Waals surface area contributed by atoms with Gasteiger partial charge in [-0.05, 0) is 36.4 Å². The van der Waals surface area contributed by atoms with E-state index in [0.717, 1.165) is 18.7 Å². The second-order valence-electron chi connectivity index (χ2n) is 4.16. The van der Waals surface area contributed by atoms with E-state index in [1.54, 1.807) is 0 Å². The molecule has 90 valence electrons. The second-order valence-corrected chi connectivity index (χ2v) is 6.26. The number of anilines is 1. The average molecular weight is 255 g/mol. The van der Waals surface area contributed by atoms with E-state index in [9.17, 15) is 0 Å². The van der Waals surface area contributed by atoms with Crippen LogP contribution in [0.3, 0.4) is 0 Å². The molecule has 1 nitrogen and oxygen atoms in total. The maximum atomic E-state index is 4.23. The van der Waals surface area contributed by atoms with Gasteiger partial charge in [-0.2, -0.15) is 12.6 Å². The molecule has 0 spiro atoms. The molecule has 16 heavy (non-hydrogen) atoms. The van der Waals surface area contributed by atoms with Crippen LogP contribution < -0.4 is 4.90 Å². The molecular weight excluding hydrogens is 234 g/mol. The van der Waals surface area contributed by atoms with Crippen molar-refractivity contribution in [3.05, 3.63) is 24.3 Å². The number of thiol groups is 1. The first kappa shape index (κ1) is 13.8. The highest BCUT2D eigenvalue weighted by Crippen LogP contribution is 2.25. The molecule has 0 aliphatic rings. The average Bonchev–Trinajstić information content (AvgIpc) is 2.26. The quantitative estimate of drug-likeness (QED) is 0.606. The van der Waals surface area contributed by atoms with Crippen LogP contribution in [0.5, 0.6) is 0 Å². The molecule has 1 aromatic rings. The molecule has 0 bridgehead atoms. The topological polar surface area (TPSA) is 3.24 Å². The van der Waals surface area contributed by atoms with E-state index in [-0.39, 0.29) is 0 Å². The molecule has 3 heteroatoms. The number of hydrogen-bond acceptors (Lipinski definition) is 3. The molecule has 0 aliphatic carbocycles. The molecule has 0 N–H and O–H groups in total. The van der Waals surface area contributed by atoms with Crippen LogP contribution >= 0.6 is 24.4 Å². The first-order valence-electron chi connectivity index (χ1n) is 5.72. The number of hydrogen-bond donors (Lipinski definition) is 1. The Kier molecular flexibility index (Phi) is 6.14. The summed E-state index contributed by atoms with van der Waals surface area (Å²) in [5.74, 6) is 0.950. The van der Waals surface area contributed by atoms with Crippen molar-refractivity contribution in [2.45, 2.75) is 30.4 Å². The van der Waals surface area contributed by atoms with Crippen molar-refractivity contribution in [2.24, 2.45) is 0 Å². The highest BCUT2D eigenvalue weighted by Gasteiger charge is 2.01. The Balaban J connectivity index is 2.56. The van der Waals surface area contributed by atoms with Crippen LogP contribution in [-0.4, -0.2) is 24.6 Å². The Morgan fingerprint density at radius 2 is 1.88 bits per heavy atom. The first-order valence-corrected chi connectivity index (χ1v) is 7.23. The van der Waals surface area contributed by atoms with Crippen LogP contribution in [0.4, 0.5) is 5.69 Å². The molecule has 0 aromatic heterocycles. The van der Waals surface area contributed by atoms with E-state index in [4.69, 9.17) is 0 Å². The highest BCUT2D eigenvalue weighted by atomic mass is 32.2. The minimum absolute atomic E-state index is 0.646. The van der Waals surface area contributed by atoms with Crippen LogP contribution in [-0.2, 0) is 0 Å². The lowest BCUT2D eigenvalue weighted by molar-refractivity contribution is 0.860. The van der Waals surface area contributed by atoms with Gasteiger partial charge in [0.05, 0.1) is 0 Å². The smallest absolute Gasteiger partial charge is 0.0364 e.